The van der Waals surface area contributed by atoms with Gasteiger partial charge in [0, 0.05) is 19.1 Å². The van der Waals surface area contributed by atoms with E-state index in [1.54, 1.807) is 7.11 Å². The van der Waals surface area contributed by atoms with Crippen LogP contribution in [0.25, 0.3) is 0 Å². The van der Waals surface area contributed by atoms with Gasteiger partial charge in [0.1, 0.15) is 0 Å². The smallest absolute Gasteiger partial charge is 0.188 e. The van der Waals surface area contributed by atoms with Crippen molar-refractivity contribution in [2.24, 2.45) is 10.7 Å². The summed E-state index contributed by atoms with van der Waals surface area (Å²) in [5.74, 6) is 0.641. The van der Waals surface area contributed by atoms with Crippen LogP contribution >= 0.6 is 0 Å². The van der Waals surface area contributed by atoms with Crippen molar-refractivity contribution in [1.29, 1.82) is 0 Å². The molecule has 0 radical (unpaired) electrons. The van der Waals surface area contributed by atoms with Crippen molar-refractivity contribution in [2.75, 3.05) is 20.3 Å². The fourth-order valence-electron chi connectivity index (χ4n) is 2.55. The van der Waals surface area contributed by atoms with E-state index in [1.807, 2.05) is 19.1 Å². The molecule has 0 spiro atoms. The Morgan fingerprint density at radius 1 is 1.04 bits per heavy atom. The zero-order valence-electron chi connectivity index (χ0n) is 13.8. The minimum atomic E-state index is 0.135. The van der Waals surface area contributed by atoms with E-state index in [4.69, 9.17) is 10.5 Å². The van der Waals surface area contributed by atoms with Crippen LogP contribution < -0.4 is 11.1 Å². The highest BCUT2D eigenvalue weighted by Crippen LogP contribution is 2.24. The topological polar surface area (TPSA) is 59.6 Å². The highest BCUT2D eigenvalue weighted by atomic mass is 16.5. The Hall–Kier alpha value is -2.33. The third kappa shape index (κ3) is 5.42. The van der Waals surface area contributed by atoms with Crippen LogP contribution in [0.15, 0.2) is 65.7 Å². The SMILES string of the molecule is COCC(C)NC(N)=NCC(c1ccccc1)c1ccccc1. The Labute approximate surface area is 138 Å². The number of aliphatic imine (C=N–C) groups is 1. The number of methoxy groups -OCH3 is 1. The Kier molecular flexibility index (Phi) is 6.63. The molecule has 0 aliphatic carbocycles. The van der Waals surface area contributed by atoms with Crippen LogP contribution in [0.4, 0.5) is 0 Å². The van der Waals surface area contributed by atoms with Gasteiger partial charge in [-0.05, 0) is 18.1 Å². The van der Waals surface area contributed by atoms with Crippen LogP contribution in [0.5, 0.6) is 0 Å². The number of guanidine groups is 1. The molecule has 0 saturated heterocycles. The highest BCUT2D eigenvalue weighted by Gasteiger charge is 2.13. The van der Waals surface area contributed by atoms with E-state index in [1.165, 1.54) is 11.1 Å². The van der Waals surface area contributed by atoms with E-state index in [2.05, 4.69) is 58.8 Å². The van der Waals surface area contributed by atoms with Crippen LogP contribution in [0.1, 0.15) is 24.0 Å². The van der Waals surface area contributed by atoms with Crippen molar-refractivity contribution in [3.63, 3.8) is 0 Å². The zero-order valence-corrected chi connectivity index (χ0v) is 13.8. The number of benzene rings is 2. The van der Waals surface area contributed by atoms with Crippen molar-refractivity contribution < 1.29 is 4.74 Å². The summed E-state index contributed by atoms with van der Waals surface area (Å²) in [4.78, 5) is 4.53. The first kappa shape index (κ1) is 17.0. The maximum Gasteiger partial charge on any atom is 0.188 e. The second kappa shape index (κ2) is 8.96. The van der Waals surface area contributed by atoms with E-state index in [9.17, 15) is 0 Å². The molecule has 4 heteroatoms. The van der Waals surface area contributed by atoms with Crippen molar-refractivity contribution in [1.82, 2.24) is 5.32 Å². The second-order valence-corrected chi connectivity index (χ2v) is 5.60. The van der Waals surface area contributed by atoms with Gasteiger partial charge in [0.25, 0.3) is 0 Å². The van der Waals surface area contributed by atoms with Crippen LogP contribution in [-0.2, 0) is 4.74 Å². The standard InChI is InChI=1S/C19H25N3O/c1-15(14-23-2)22-19(20)21-13-18(16-9-5-3-6-10-16)17-11-7-4-8-12-17/h3-12,15,18H,13-14H2,1-2H3,(H3,20,21,22). The number of rotatable bonds is 7. The van der Waals surface area contributed by atoms with Gasteiger partial charge < -0.3 is 15.8 Å². The van der Waals surface area contributed by atoms with E-state index in [0.29, 0.717) is 19.1 Å². The van der Waals surface area contributed by atoms with Gasteiger partial charge >= 0.3 is 0 Å². The second-order valence-electron chi connectivity index (χ2n) is 5.60. The number of hydrogen-bond donors (Lipinski definition) is 2. The zero-order chi connectivity index (χ0) is 16.5. The van der Waals surface area contributed by atoms with Crippen LogP contribution in [0.2, 0.25) is 0 Å². The van der Waals surface area contributed by atoms with Gasteiger partial charge in [0.05, 0.1) is 13.2 Å². The fourth-order valence-corrected chi connectivity index (χ4v) is 2.55. The third-order valence-electron chi connectivity index (χ3n) is 3.66. The minimum absolute atomic E-state index is 0.135. The lowest BCUT2D eigenvalue weighted by molar-refractivity contribution is 0.179. The predicted molar refractivity (Wildman–Crippen MR) is 95.7 cm³/mol. The molecule has 0 aliphatic heterocycles. The van der Waals surface area contributed by atoms with Gasteiger partial charge in [-0.2, -0.15) is 0 Å². The van der Waals surface area contributed by atoms with Gasteiger partial charge in [-0.1, -0.05) is 60.7 Å². The average molecular weight is 311 g/mol. The molecule has 3 N–H and O–H groups in total. The molecule has 2 aromatic rings. The summed E-state index contributed by atoms with van der Waals surface area (Å²) < 4.78 is 5.10. The summed E-state index contributed by atoms with van der Waals surface area (Å²) in [5, 5.41) is 3.14. The Balaban J connectivity index is 2.13. The van der Waals surface area contributed by atoms with Gasteiger partial charge in [0.2, 0.25) is 0 Å². The molecule has 0 fully saturated rings. The largest absolute Gasteiger partial charge is 0.383 e. The maximum atomic E-state index is 5.99. The van der Waals surface area contributed by atoms with E-state index in [0.717, 1.165) is 0 Å². The minimum Gasteiger partial charge on any atom is -0.383 e. The first-order valence-corrected chi connectivity index (χ1v) is 7.86. The van der Waals surface area contributed by atoms with Crippen LogP contribution in [0, 0.1) is 0 Å². The first-order valence-electron chi connectivity index (χ1n) is 7.86. The van der Waals surface area contributed by atoms with Crippen LogP contribution in [0.3, 0.4) is 0 Å². The number of hydrogen-bond acceptors (Lipinski definition) is 2. The van der Waals surface area contributed by atoms with Gasteiger partial charge in [-0.3, -0.25) is 4.99 Å². The van der Waals surface area contributed by atoms with Gasteiger partial charge in [-0.15, -0.1) is 0 Å². The van der Waals surface area contributed by atoms with E-state index in [-0.39, 0.29) is 12.0 Å². The molecule has 2 rings (SSSR count). The molecule has 4 nitrogen and oxygen atoms in total. The number of ether oxygens (including phenoxy) is 1. The summed E-state index contributed by atoms with van der Waals surface area (Å²) in [6.07, 6.45) is 0. The summed E-state index contributed by atoms with van der Waals surface area (Å²) in [6, 6.07) is 20.9. The summed E-state index contributed by atoms with van der Waals surface area (Å²) in [5.41, 5.74) is 8.47. The predicted octanol–water partition coefficient (Wildman–Crippen LogP) is 2.76. The van der Waals surface area contributed by atoms with Crippen molar-refractivity contribution in [2.45, 2.75) is 18.9 Å². The lowest BCUT2D eigenvalue weighted by Gasteiger charge is -2.17. The molecule has 0 aromatic heterocycles. The van der Waals surface area contributed by atoms with E-state index < -0.39 is 0 Å². The molecule has 0 aliphatic rings. The quantitative estimate of drug-likeness (QED) is 0.610. The lowest BCUT2D eigenvalue weighted by Crippen LogP contribution is -2.40. The normalized spacial score (nSPS) is 13.1. The van der Waals surface area contributed by atoms with E-state index >= 15 is 0 Å². The molecule has 0 amide bonds. The maximum absolute atomic E-state index is 5.99. The molecular weight excluding hydrogens is 286 g/mol. The number of nitrogens with two attached hydrogens (primary N) is 1. The molecule has 0 heterocycles. The van der Waals surface area contributed by atoms with Crippen molar-refractivity contribution >= 4 is 5.96 Å². The molecule has 122 valence electrons. The average Bonchev–Trinajstić information content (AvgIpc) is 2.57. The molecular formula is C19H25N3O. The molecule has 23 heavy (non-hydrogen) atoms. The highest BCUT2D eigenvalue weighted by molar-refractivity contribution is 5.78. The summed E-state index contributed by atoms with van der Waals surface area (Å²) in [6.45, 7) is 3.21. The monoisotopic (exact) mass is 311 g/mol. The lowest BCUT2D eigenvalue weighted by atomic mass is 9.91. The fraction of sp³-hybridized carbons (Fsp3) is 0.316. The van der Waals surface area contributed by atoms with Crippen molar-refractivity contribution in [3.05, 3.63) is 71.8 Å². The number of nitrogens with one attached hydrogen (secondary N) is 1. The Bertz CT molecular complexity index is 559. The Morgan fingerprint density at radius 2 is 1.57 bits per heavy atom. The molecule has 0 saturated carbocycles. The summed E-state index contributed by atoms with van der Waals surface area (Å²) in [7, 11) is 1.67. The third-order valence-corrected chi connectivity index (χ3v) is 3.66. The first-order chi connectivity index (χ1) is 11.2. The van der Waals surface area contributed by atoms with Gasteiger partial charge in [0.15, 0.2) is 5.96 Å². The molecule has 0 bridgehead atoms. The molecule has 1 unspecified atom stereocenters. The summed E-state index contributed by atoms with van der Waals surface area (Å²) >= 11 is 0. The van der Waals surface area contributed by atoms with Crippen LogP contribution in [-0.4, -0.2) is 32.3 Å². The number of nitrogens with zero attached hydrogens (tertiary/aromatic N) is 1. The van der Waals surface area contributed by atoms with Crippen molar-refractivity contribution in [3.8, 4) is 0 Å². The Morgan fingerprint density at radius 3 is 2.04 bits per heavy atom. The molecule has 2 aromatic carbocycles. The molecule has 1 atom stereocenters. The van der Waals surface area contributed by atoms with Gasteiger partial charge in [-0.25, -0.2) is 0 Å².